The fourth-order valence-corrected chi connectivity index (χ4v) is 3.46. The molecule has 0 spiro atoms. The summed E-state index contributed by atoms with van der Waals surface area (Å²) < 4.78 is 1.78. The lowest BCUT2D eigenvalue weighted by Gasteiger charge is -2.24. The Kier molecular flexibility index (Phi) is 3.68. The van der Waals surface area contributed by atoms with Gasteiger partial charge in [0.25, 0.3) is 0 Å². The molecule has 2 saturated heterocycles. The molecule has 2 fully saturated rings. The second kappa shape index (κ2) is 5.86. The molecule has 3 amide bonds. The number of aryl methyl sites for hydroxylation is 1. The number of nitrogens with zero attached hydrogens (tertiary/aromatic N) is 4. The molecule has 0 atom stereocenters. The van der Waals surface area contributed by atoms with Crippen molar-refractivity contribution in [1.82, 2.24) is 25.4 Å². The lowest BCUT2D eigenvalue weighted by atomic mass is 9.94. The van der Waals surface area contributed by atoms with E-state index in [1.54, 1.807) is 10.9 Å². The van der Waals surface area contributed by atoms with Gasteiger partial charge in [0.2, 0.25) is 5.91 Å². The minimum atomic E-state index is -0.423. The van der Waals surface area contributed by atoms with E-state index < -0.39 is 6.03 Å². The summed E-state index contributed by atoms with van der Waals surface area (Å²) in [6.07, 6.45) is 4.25. The Morgan fingerprint density at radius 3 is 2.79 bits per heavy atom. The van der Waals surface area contributed by atoms with Crippen molar-refractivity contribution in [3.63, 3.8) is 0 Å². The smallest absolute Gasteiger partial charge is 0.317 e. The summed E-state index contributed by atoms with van der Waals surface area (Å²) in [6.45, 7) is 2.37. The predicted octanol–water partition coefficient (Wildman–Crippen LogP) is 0.882. The topological polar surface area (TPSA) is 92.2 Å². The minimum absolute atomic E-state index is 0.247. The van der Waals surface area contributed by atoms with Gasteiger partial charge in [0, 0.05) is 37.8 Å². The van der Waals surface area contributed by atoms with Crippen molar-refractivity contribution >= 4 is 28.7 Å². The average molecular weight is 328 g/mol. The van der Waals surface area contributed by atoms with E-state index in [4.69, 9.17) is 0 Å². The molecule has 0 bridgehead atoms. The van der Waals surface area contributed by atoms with E-state index in [-0.39, 0.29) is 12.3 Å². The fraction of sp³-hybridized carbons (Fsp3) is 0.500. The Hall–Kier alpha value is -2.48. The molecule has 8 nitrogen and oxygen atoms in total. The van der Waals surface area contributed by atoms with E-state index in [1.807, 2.05) is 7.05 Å². The van der Waals surface area contributed by atoms with Crippen LogP contribution in [-0.2, 0) is 11.8 Å². The van der Waals surface area contributed by atoms with Gasteiger partial charge < -0.3 is 5.32 Å². The van der Waals surface area contributed by atoms with Gasteiger partial charge in [-0.15, -0.1) is 0 Å². The second-order valence-corrected chi connectivity index (χ2v) is 6.35. The third-order valence-electron chi connectivity index (χ3n) is 4.80. The summed E-state index contributed by atoms with van der Waals surface area (Å²) in [5, 5.41) is 11.0. The third-order valence-corrected chi connectivity index (χ3v) is 4.80. The van der Waals surface area contributed by atoms with E-state index in [0.29, 0.717) is 18.3 Å². The number of nitrogens with one attached hydrogen (secondary N) is 2. The molecule has 2 N–H and O–H groups in total. The average Bonchev–Trinajstić information content (AvgIpc) is 2.92. The molecule has 2 aliphatic heterocycles. The van der Waals surface area contributed by atoms with Gasteiger partial charge in [-0.25, -0.2) is 4.79 Å². The molecule has 2 aromatic heterocycles. The maximum Gasteiger partial charge on any atom is 0.329 e. The monoisotopic (exact) mass is 328 g/mol. The number of anilines is 1. The highest BCUT2D eigenvalue weighted by Crippen LogP contribution is 2.30. The zero-order chi connectivity index (χ0) is 16.7. The van der Waals surface area contributed by atoms with E-state index in [9.17, 15) is 9.59 Å². The highest BCUT2D eigenvalue weighted by molar-refractivity contribution is 6.08. The lowest BCUT2D eigenvalue weighted by Crippen LogP contribution is -2.49. The minimum Gasteiger partial charge on any atom is -0.317 e. The molecular weight excluding hydrogens is 308 g/mol. The van der Waals surface area contributed by atoms with Crippen molar-refractivity contribution in [3.8, 4) is 0 Å². The van der Waals surface area contributed by atoms with E-state index in [2.05, 4.69) is 26.8 Å². The number of aromatic nitrogens is 3. The van der Waals surface area contributed by atoms with E-state index >= 15 is 0 Å². The van der Waals surface area contributed by atoms with Crippen LogP contribution in [0.1, 0.15) is 30.9 Å². The van der Waals surface area contributed by atoms with Crippen molar-refractivity contribution in [1.29, 1.82) is 0 Å². The summed E-state index contributed by atoms with van der Waals surface area (Å²) in [6, 6.07) is 1.66. The van der Waals surface area contributed by atoms with Crippen LogP contribution in [0.4, 0.5) is 10.6 Å². The fourth-order valence-electron chi connectivity index (χ4n) is 3.46. The Labute approximate surface area is 139 Å². The summed E-state index contributed by atoms with van der Waals surface area (Å²) in [5.74, 6) is 0.773. The van der Waals surface area contributed by atoms with Crippen molar-refractivity contribution in [2.24, 2.45) is 7.05 Å². The number of hydrogen-bond donors (Lipinski definition) is 2. The SMILES string of the molecule is Cn1nc(N2CCC(=O)NC2=O)c2cnc(C3CCNCC3)cc21. The number of carbonyl (C=O) groups is 2. The van der Waals surface area contributed by atoms with Gasteiger partial charge in [0.15, 0.2) is 5.82 Å². The number of piperidine rings is 1. The van der Waals surface area contributed by atoms with Gasteiger partial charge >= 0.3 is 6.03 Å². The Balaban J connectivity index is 1.71. The quantitative estimate of drug-likeness (QED) is 0.854. The van der Waals surface area contributed by atoms with Crippen LogP contribution in [0.15, 0.2) is 12.3 Å². The lowest BCUT2D eigenvalue weighted by molar-refractivity contribution is -0.120. The number of carbonyl (C=O) groups excluding carboxylic acids is 2. The molecule has 0 aliphatic carbocycles. The molecule has 4 heterocycles. The normalized spacial score (nSPS) is 19.8. The summed E-state index contributed by atoms with van der Waals surface area (Å²) in [4.78, 5) is 29.6. The van der Waals surface area contributed by atoms with Gasteiger partial charge in [0.05, 0.1) is 10.9 Å². The zero-order valence-electron chi connectivity index (χ0n) is 13.6. The summed E-state index contributed by atoms with van der Waals surface area (Å²) in [7, 11) is 1.87. The van der Waals surface area contributed by atoms with Crippen LogP contribution < -0.4 is 15.5 Å². The molecule has 0 unspecified atom stereocenters. The van der Waals surface area contributed by atoms with Crippen LogP contribution in [0, 0.1) is 0 Å². The molecule has 2 aliphatic rings. The van der Waals surface area contributed by atoms with E-state index in [0.717, 1.165) is 42.5 Å². The van der Waals surface area contributed by atoms with Crippen molar-refractivity contribution in [3.05, 3.63) is 18.0 Å². The molecule has 0 radical (unpaired) electrons. The van der Waals surface area contributed by atoms with Crippen molar-refractivity contribution < 1.29 is 9.59 Å². The largest absolute Gasteiger partial charge is 0.329 e. The standard InChI is InChI=1S/C16H20N6O2/c1-21-13-8-12(10-2-5-17-6-3-10)18-9-11(13)15(20-21)22-7-4-14(23)19-16(22)24/h8-10,17H,2-7H2,1H3,(H,19,23,24). The Morgan fingerprint density at radius 2 is 2.04 bits per heavy atom. The summed E-state index contributed by atoms with van der Waals surface area (Å²) >= 11 is 0. The van der Waals surface area contributed by atoms with Crippen LogP contribution in [0.3, 0.4) is 0 Å². The Bertz CT molecular complexity index is 808. The number of pyridine rings is 1. The van der Waals surface area contributed by atoms with Gasteiger partial charge in [-0.1, -0.05) is 0 Å². The molecule has 4 rings (SSSR count). The third kappa shape index (κ3) is 2.52. The first-order valence-electron chi connectivity index (χ1n) is 8.28. The maximum atomic E-state index is 12.1. The first-order chi connectivity index (χ1) is 11.6. The van der Waals surface area contributed by atoms with E-state index in [1.165, 1.54) is 4.90 Å². The van der Waals surface area contributed by atoms with Crippen LogP contribution >= 0.6 is 0 Å². The molecule has 126 valence electrons. The highest BCUT2D eigenvalue weighted by atomic mass is 16.2. The van der Waals surface area contributed by atoms with Crippen LogP contribution in [-0.4, -0.2) is 46.3 Å². The number of imide groups is 1. The summed E-state index contributed by atoms with van der Waals surface area (Å²) in [5.41, 5.74) is 2.04. The second-order valence-electron chi connectivity index (χ2n) is 6.35. The molecule has 24 heavy (non-hydrogen) atoms. The van der Waals surface area contributed by atoms with Gasteiger partial charge in [-0.2, -0.15) is 5.10 Å². The van der Waals surface area contributed by atoms with Crippen LogP contribution in [0.25, 0.3) is 10.9 Å². The molecule has 8 heteroatoms. The zero-order valence-corrected chi connectivity index (χ0v) is 13.6. The van der Waals surface area contributed by atoms with Gasteiger partial charge in [-0.05, 0) is 32.0 Å². The molecule has 0 aromatic carbocycles. The van der Waals surface area contributed by atoms with Gasteiger partial charge in [-0.3, -0.25) is 24.7 Å². The number of hydrogen-bond acceptors (Lipinski definition) is 5. The number of amides is 3. The Morgan fingerprint density at radius 1 is 1.25 bits per heavy atom. The van der Waals surface area contributed by atoms with Crippen LogP contribution in [0.2, 0.25) is 0 Å². The maximum absolute atomic E-state index is 12.1. The predicted molar refractivity (Wildman–Crippen MR) is 88.9 cm³/mol. The van der Waals surface area contributed by atoms with Crippen molar-refractivity contribution in [2.75, 3.05) is 24.5 Å². The number of urea groups is 1. The van der Waals surface area contributed by atoms with Crippen molar-refractivity contribution in [2.45, 2.75) is 25.2 Å². The molecule has 0 saturated carbocycles. The number of fused-ring (bicyclic) bond motifs is 1. The first-order valence-corrected chi connectivity index (χ1v) is 8.28. The molecular formula is C16H20N6O2. The van der Waals surface area contributed by atoms with Crippen LogP contribution in [0.5, 0.6) is 0 Å². The number of rotatable bonds is 2. The molecule has 2 aromatic rings. The highest BCUT2D eigenvalue weighted by Gasteiger charge is 2.28. The first kappa shape index (κ1) is 15.1. The van der Waals surface area contributed by atoms with Gasteiger partial charge in [0.1, 0.15) is 0 Å².